The molecule has 2 nitrogen and oxygen atoms in total. The molecule has 46 valence electrons. The zero-order valence-electron chi connectivity index (χ0n) is 4.68. The van der Waals surface area contributed by atoms with E-state index in [1.54, 1.807) is 6.26 Å². The van der Waals surface area contributed by atoms with Gasteiger partial charge in [0.25, 0.3) is 0 Å². The van der Waals surface area contributed by atoms with E-state index in [0.29, 0.717) is 4.91 Å². The van der Waals surface area contributed by atoms with E-state index in [0.717, 1.165) is 0 Å². The van der Waals surface area contributed by atoms with Crippen molar-refractivity contribution in [3.63, 3.8) is 0 Å². The third-order valence-corrected chi connectivity index (χ3v) is 1.42. The number of aliphatic hydroxyl groups excluding tert-OH is 1. The zero-order chi connectivity index (χ0) is 6.57. The number of ketones is 1. The minimum atomic E-state index is -0.431. The highest BCUT2D eigenvalue weighted by Crippen LogP contribution is 2.07. The van der Waals surface area contributed by atoms with Crippen molar-refractivity contribution < 1.29 is 9.90 Å². The van der Waals surface area contributed by atoms with Crippen molar-refractivity contribution in [3.05, 3.63) is 11.5 Å². The normalized spacial score (nSPS) is 8.75. The van der Waals surface area contributed by atoms with Gasteiger partial charge in [0.05, 0.1) is 0 Å². The van der Waals surface area contributed by atoms with Crippen LogP contribution in [0.25, 0.3) is 0 Å². The number of carbonyl (C=O) groups excluding carboxylic acids is 1. The van der Waals surface area contributed by atoms with Gasteiger partial charge in [0.2, 0.25) is 0 Å². The van der Waals surface area contributed by atoms with Crippen LogP contribution in [0.15, 0.2) is 11.5 Å². The van der Waals surface area contributed by atoms with Crippen LogP contribution in [-0.4, -0.2) is 23.8 Å². The van der Waals surface area contributed by atoms with Crippen LogP contribution in [0.3, 0.4) is 0 Å². The number of aliphatic hydroxyl groups is 1. The predicted octanol–water partition coefficient (Wildman–Crippen LogP) is 0.424. The van der Waals surface area contributed by atoms with Gasteiger partial charge in [0.1, 0.15) is 6.61 Å². The maximum absolute atomic E-state index is 10.4. The zero-order valence-corrected chi connectivity index (χ0v) is 5.49. The van der Waals surface area contributed by atoms with Gasteiger partial charge in [-0.1, -0.05) is 6.58 Å². The monoisotopic (exact) mass is 132 g/mol. The summed E-state index contributed by atoms with van der Waals surface area (Å²) in [5, 5.41) is 8.21. The van der Waals surface area contributed by atoms with Gasteiger partial charge in [-0.3, -0.25) is 4.79 Å². The molecule has 0 aromatic rings. The molecule has 0 saturated heterocycles. The van der Waals surface area contributed by atoms with Crippen LogP contribution in [0.1, 0.15) is 0 Å². The van der Waals surface area contributed by atoms with Gasteiger partial charge in [-0.15, -0.1) is 11.8 Å². The maximum atomic E-state index is 10.4. The average molecular weight is 132 g/mol. The van der Waals surface area contributed by atoms with Gasteiger partial charge in [-0.25, -0.2) is 0 Å². The van der Waals surface area contributed by atoms with Crippen LogP contribution >= 0.6 is 11.8 Å². The van der Waals surface area contributed by atoms with E-state index in [9.17, 15) is 4.79 Å². The lowest BCUT2D eigenvalue weighted by Crippen LogP contribution is -2.02. The van der Waals surface area contributed by atoms with Gasteiger partial charge < -0.3 is 5.11 Å². The van der Waals surface area contributed by atoms with Crippen LogP contribution in [0, 0.1) is 0 Å². The van der Waals surface area contributed by atoms with Gasteiger partial charge in [0, 0.05) is 4.91 Å². The smallest absolute Gasteiger partial charge is 0.193 e. The highest BCUT2D eigenvalue weighted by Gasteiger charge is 2.00. The lowest BCUT2D eigenvalue weighted by atomic mass is 10.4. The van der Waals surface area contributed by atoms with Crippen molar-refractivity contribution >= 4 is 17.5 Å². The van der Waals surface area contributed by atoms with Crippen molar-refractivity contribution in [1.82, 2.24) is 0 Å². The minimum Gasteiger partial charge on any atom is -0.388 e. The van der Waals surface area contributed by atoms with Crippen LogP contribution in [-0.2, 0) is 4.79 Å². The molecule has 3 heteroatoms. The summed E-state index contributed by atoms with van der Waals surface area (Å²) in [6.45, 7) is 2.97. The van der Waals surface area contributed by atoms with E-state index in [2.05, 4.69) is 6.58 Å². The molecule has 0 aliphatic heterocycles. The molecule has 0 fully saturated rings. The number of hydrogen-bond acceptors (Lipinski definition) is 3. The van der Waals surface area contributed by atoms with Crippen molar-refractivity contribution in [2.75, 3.05) is 12.9 Å². The van der Waals surface area contributed by atoms with Crippen molar-refractivity contribution in [2.45, 2.75) is 0 Å². The Morgan fingerprint density at radius 1 is 1.88 bits per heavy atom. The number of rotatable bonds is 3. The summed E-state index contributed by atoms with van der Waals surface area (Å²) in [6.07, 6.45) is 1.75. The molecule has 0 radical (unpaired) electrons. The number of thioether (sulfide) groups is 1. The van der Waals surface area contributed by atoms with Gasteiger partial charge >= 0.3 is 0 Å². The van der Waals surface area contributed by atoms with Crippen LogP contribution in [0.2, 0.25) is 0 Å². The Labute approximate surface area is 52.6 Å². The Kier molecular flexibility index (Phi) is 3.56. The van der Waals surface area contributed by atoms with Crippen molar-refractivity contribution in [2.24, 2.45) is 0 Å². The Hall–Kier alpha value is -0.280. The van der Waals surface area contributed by atoms with Gasteiger partial charge in [-0.2, -0.15) is 0 Å². The van der Waals surface area contributed by atoms with E-state index in [-0.39, 0.29) is 5.78 Å². The molecule has 0 spiro atoms. The van der Waals surface area contributed by atoms with Crippen LogP contribution in [0.4, 0.5) is 0 Å². The van der Waals surface area contributed by atoms with Crippen LogP contribution < -0.4 is 0 Å². The molecule has 0 rings (SSSR count). The third-order valence-electron chi connectivity index (χ3n) is 0.701. The lowest BCUT2D eigenvalue weighted by Gasteiger charge is -1.93. The van der Waals surface area contributed by atoms with Gasteiger partial charge in [0.15, 0.2) is 5.78 Å². The highest BCUT2D eigenvalue weighted by atomic mass is 32.2. The maximum Gasteiger partial charge on any atom is 0.193 e. The summed E-state index contributed by atoms with van der Waals surface area (Å²) in [7, 11) is 0. The van der Waals surface area contributed by atoms with E-state index >= 15 is 0 Å². The molecule has 0 aliphatic rings. The van der Waals surface area contributed by atoms with E-state index < -0.39 is 6.61 Å². The Morgan fingerprint density at radius 3 is 2.50 bits per heavy atom. The topological polar surface area (TPSA) is 37.3 Å². The average Bonchev–Trinajstić information content (AvgIpc) is 1.84. The molecule has 8 heavy (non-hydrogen) atoms. The Morgan fingerprint density at radius 2 is 2.38 bits per heavy atom. The Bertz CT molecular complexity index is 95.0. The molecule has 0 bridgehead atoms. The van der Waals surface area contributed by atoms with E-state index in [1.807, 2.05) is 0 Å². The molecule has 0 heterocycles. The number of hydrogen-bond donors (Lipinski definition) is 1. The largest absolute Gasteiger partial charge is 0.388 e. The molecule has 1 N–H and O–H groups in total. The minimum absolute atomic E-state index is 0.294. The number of Topliss-reactive ketones (excluding diaryl/α,β-unsaturated/α-hetero) is 1. The fraction of sp³-hybridized carbons (Fsp3) is 0.400. The highest BCUT2D eigenvalue weighted by molar-refractivity contribution is 8.03. The predicted molar refractivity (Wildman–Crippen MR) is 34.7 cm³/mol. The molecule has 0 aromatic carbocycles. The second kappa shape index (κ2) is 3.69. The third kappa shape index (κ3) is 2.14. The number of carbonyl (C=O) groups is 1. The first-order chi connectivity index (χ1) is 3.72. The summed E-state index contributed by atoms with van der Waals surface area (Å²) >= 11 is 1.25. The molecule has 0 amide bonds. The molecular weight excluding hydrogens is 124 g/mol. The fourth-order valence-electron chi connectivity index (χ4n) is 0.202. The molecule has 0 atom stereocenters. The lowest BCUT2D eigenvalue weighted by molar-refractivity contribution is -0.117. The first-order valence-electron chi connectivity index (χ1n) is 2.09. The van der Waals surface area contributed by atoms with Gasteiger partial charge in [-0.05, 0) is 6.26 Å². The summed E-state index contributed by atoms with van der Waals surface area (Å²) in [5.41, 5.74) is 0. The first-order valence-corrected chi connectivity index (χ1v) is 3.31. The molecule has 0 unspecified atom stereocenters. The quantitative estimate of drug-likeness (QED) is 0.566. The molecule has 0 aliphatic carbocycles. The van der Waals surface area contributed by atoms with Crippen molar-refractivity contribution in [3.8, 4) is 0 Å². The second-order valence-electron chi connectivity index (χ2n) is 1.21. The second-order valence-corrected chi connectivity index (χ2v) is 2.11. The summed E-state index contributed by atoms with van der Waals surface area (Å²) in [4.78, 5) is 10.8. The van der Waals surface area contributed by atoms with E-state index in [4.69, 9.17) is 5.11 Å². The summed E-state index contributed by atoms with van der Waals surface area (Å²) < 4.78 is 0. The molecule has 0 aromatic heterocycles. The van der Waals surface area contributed by atoms with Crippen LogP contribution in [0.5, 0.6) is 0 Å². The summed E-state index contributed by atoms with van der Waals surface area (Å²) in [6, 6.07) is 0. The fourth-order valence-corrected chi connectivity index (χ4v) is 0.494. The first kappa shape index (κ1) is 7.72. The standard InChI is InChI=1S/C5H8O2S/c1-4(8-2)5(7)3-6/h6H,1,3H2,2H3. The molecular formula is C5H8O2S. The van der Waals surface area contributed by atoms with Crippen molar-refractivity contribution in [1.29, 1.82) is 0 Å². The molecule has 0 saturated carbocycles. The van der Waals surface area contributed by atoms with E-state index in [1.165, 1.54) is 11.8 Å². The Balaban J connectivity index is 3.64. The SMILES string of the molecule is C=C(SC)C(=O)CO. The summed E-state index contributed by atoms with van der Waals surface area (Å²) in [5.74, 6) is -0.294.